The van der Waals surface area contributed by atoms with Crippen molar-refractivity contribution in [1.82, 2.24) is 9.55 Å². The van der Waals surface area contributed by atoms with E-state index in [2.05, 4.69) is 34.7 Å². The van der Waals surface area contributed by atoms with E-state index in [4.69, 9.17) is 13.9 Å². The minimum atomic E-state index is -0.593. The number of hydrogen-bond donors (Lipinski definition) is 2. The second-order valence-electron chi connectivity index (χ2n) is 8.46. The molecule has 188 valence electrons. The van der Waals surface area contributed by atoms with Crippen molar-refractivity contribution >= 4 is 34.3 Å². The molecule has 0 bridgehead atoms. The van der Waals surface area contributed by atoms with Crippen molar-refractivity contribution in [2.45, 2.75) is 32.4 Å². The fourth-order valence-electron chi connectivity index (χ4n) is 4.11. The highest BCUT2D eigenvalue weighted by molar-refractivity contribution is 6.14. The molecule has 3 aromatic heterocycles. The van der Waals surface area contributed by atoms with Gasteiger partial charge in [-0.05, 0) is 43.5 Å². The lowest BCUT2D eigenvalue weighted by Crippen LogP contribution is -2.18. The van der Waals surface area contributed by atoms with E-state index in [-0.39, 0.29) is 17.5 Å². The first-order valence-electron chi connectivity index (χ1n) is 11.8. The number of furan rings is 1. The molecule has 1 atom stereocenters. The van der Waals surface area contributed by atoms with Crippen molar-refractivity contribution in [1.29, 1.82) is 0 Å². The monoisotopic (exact) mass is 490 g/mol. The van der Waals surface area contributed by atoms with Crippen molar-refractivity contribution in [2.75, 3.05) is 31.5 Å². The Balaban J connectivity index is 1.68. The Bertz CT molecular complexity index is 1320. The van der Waals surface area contributed by atoms with Gasteiger partial charge in [-0.15, -0.1) is 0 Å². The lowest BCUT2D eigenvalue weighted by Gasteiger charge is -2.15. The number of ether oxygens (including phenoxy) is 2. The summed E-state index contributed by atoms with van der Waals surface area (Å²) in [6.07, 6.45) is 5.00. The normalized spacial score (nSPS) is 11.9. The van der Waals surface area contributed by atoms with E-state index in [9.17, 15) is 9.59 Å². The first-order valence-corrected chi connectivity index (χ1v) is 11.8. The molecule has 1 amide bonds. The van der Waals surface area contributed by atoms with Gasteiger partial charge in [-0.2, -0.15) is 0 Å². The van der Waals surface area contributed by atoms with Crippen LogP contribution in [-0.4, -0.2) is 48.3 Å². The fraction of sp³-hybridized carbons (Fsp3) is 0.296. The number of amides is 1. The van der Waals surface area contributed by atoms with E-state index in [1.54, 1.807) is 30.0 Å². The largest absolute Gasteiger partial charge is 0.464 e. The van der Waals surface area contributed by atoms with Gasteiger partial charge in [0.05, 0.1) is 37.6 Å². The highest BCUT2D eigenvalue weighted by atomic mass is 16.5. The lowest BCUT2D eigenvalue weighted by molar-refractivity contribution is 0.0588. The number of methoxy groups -OCH3 is 2. The predicted molar refractivity (Wildman–Crippen MR) is 137 cm³/mol. The van der Waals surface area contributed by atoms with Gasteiger partial charge in [0.25, 0.3) is 5.91 Å². The van der Waals surface area contributed by atoms with Crippen LogP contribution >= 0.6 is 0 Å². The predicted octanol–water partition coefficient (Wildman–Crippen LogP) is 4.75. The van der Waals surface area contributed by atoms with E-state index in [0.29, 0.717) is 29.9 Å². The van der Waals surface area contributed by atoms with Gasteiger partial charge < -0.3 is 29.1 Å². The number of hydrogen-bond acceptors (Lipinski definition) is 7. The molecule has 4 rings (SSSR count). The summed E-state index contributed by atoms with van der Waals surface area (Å²) in [6, 6.07) is 15.5. The molecule has 1 aromatic carbocycles. The minimum Gasteiger partial charge on any atom is -0.464 e. The number of anilines is 2. The fourth-order valence-corrected chi connectivity index (χ4v) is 4.11. The third kappa shape index (κ3) is 5.58. The number of benzene rings is 1. The molecule has 2 N–H and O–H groups in total. The molecule has 0 saturated carbocycles. The zero-order valence-corrected chi connectivity index (χ0v) is 20.6. The van der Waals surface area contributed by atoms with Crippen molar-refractivity contribution in [3.63, 3.8) is 0 Å². The second kappa shape index (κ2) is 11.5. The summed E-state index contributed by atoms with van der Waals surface area (Å²) in [5, 5.41) is 6.92. The molecule has 0 aliphatic heterocycles. The molecule has 9 heteroatoms. The standard InChI is InChI=1S/C27H30N4O5/c1-18(11-12-19-8-5-4-6-9-19)29-20-16-21-23(30-26(32)22-10-7-14-36-22)24(27(33)35-3)31(13-15-34-2)25(21)28-17-20/h4-10,14,16-18,29H,11-13,15H2,1-3H3,(H,30,32). The van der Waals surface area contributed by atoms with Crippen LogP contribution in [0.1, 0.15) is 40.0 Å². The molecule has 0 aliphatic rings. The Morgan fingerprint density at radius 3 is 2.64 bits per heavy atom. The SMILES string of the molecule is COCCn1c(C(=O)OC)c(NC(=O)c2ccco2)c2cc(NC(C)CCc3ccccc3)cnc21. The van der Waals surface area contributed by atoms with E-state index in [1.807, 2.05) is 24.3 Å². The number of aromatic nitrogens is 2. The van der Waals surface area contributed by atoms with Crippen LogP contribution in [0.25, 0.3) is 11.0 Å². The van der Waals surface area contributed by atoms with Crippen LogP contribution in [-0.2, 0) is 22.4 Å². The molecule has 3 heterocycles. The molecule has 36 heavy (non-hydrogen) atoms. The van der Waals surface area contributed by atoms with E-state index in [0.717, 1.165) is 18.5 Å². The van der Waals surface area contributed by atoms with E-state index < -0.39 is 11.9 Å². The maximum atomic E-state index is 12.9. The molecule has 4 aromatic rings. The van der Waals surface area contributed by atoms with Gasteiger partial charge >= 0.3 is 5.97 Å². The maximum absolute atomic E-state index is 12.9. The highest BCUT2D eigenvalue weighted by Gasteiger charge is 2.27. The molecule has 0 saturated heterocycles. The number of carbonyl (C=O) groups excluding carboxylic acids is 2. The van der Waals surface area contributed by atoms with Gasteiger partial charge in [-0.25, -0.2) is 9.78 Å². The molecule has 1 unspecified atom stereocenters. The molecule has 0 aliphatic carbocycles. The van der Waals surface area contributed by atoms with Gasteiger partial charge in [0.15, 0.2) is 11.5 Å². The summed E-state index contributed by atoms with van der Waals surface area (Å²) in [5.74, 6) is -0.949. The number of carbonyl (C=O) groups is 2. The molecular weight excluding hydrogens is 460 g/mol. The van der Waals surface area contributed by atoms with Crippen LogP contribution in [0.5, 0.6) is 0 Å². The summed E-state index contributed by atoms with van der Waals surface area (Å²) in [6.45, 7) is 2.80. The third-order valence-corrected chi connectivity index (χ3v) is 5.90. The summed E-state index contributed by atoms with van der Waals surface area (Å²) >= 11 is 0. The van der Waals surface area contributed by atoms with Crippen molar-refractivity contribution in [2.24, 2.45) is 0 Å². The van der Waals surface area contributed by atoms with Crippen LogP contribution in [0.2, 0.25) is 0 Å². The average Bonchev–Trinajstić information content (AvgIpc) is 3.53. The van der Waals surface area contributed by atoms with Gasteiger partial charge in [0.1, 0.15) is 5.65 Å². The number of nitrogens with one attached hydrogen (secondary N) is 2. The molecule has 0 spiro atoms. The maximum Gasteiger partial charge on any atom is 0.356 e. The Morgan fingerprint density at radius 1 is 1.14 bits per heavy atom. The van der Waals surface area contributed by atoms with Crippen molar-refractivity contribution in [3.8, 4) is 0 Å². The van der Waals surface area contributed by atoms with Crippen molar-refractivity contribution in [3.05, 3.63) is 78.0 Å². The smallest absolute Gasteiger partial charge is 0.356 e. The quantitative estimate of drug-likeness (QED) is 0.292. The molecule has 9 nitrogen and oxygen atoms in total. The topological polar surface area (TPSA) is 108 Å². The molecular formula is C27H30N4O5. The summed E-state index contributed by atoms with van der Waals surface area (Å²) in [4.78, 5) is 30.3. The van der Waals surface area contributed by atoms with Gasteiger partial charge in [-0.3, -0.25) is 4.79 Å². The first-order chi connectivity index (χ1) is 17.5. The Hall–Kier alpha value is -4.11. The summed E-state index contributed by atoms with van der Waals surface area (Å²) in [7, 11) is 2.88. The van der Waals surface area contributed by atoms with Crippen LogP contribution < -0.4 is 10.6 Å². The second-order valence-corrected chi connectivity index (χ2v) is 8.46. The van der Waals surface area contributed by atoms with Gasteiger partial charge in [0, 0.05) is 25.1 Å². The summed E-state index contributed by atoms with van der Waals surface area (Å²) in [5.41, 5.74) is 3.08. The number of pyridine rings is 1. The number of fused-ring (bicyclic) bond motifs is 1. The lowest BCUT2D eigenvalue weighted by atomic mass is 10.1. The van der Waals surface area contributed by atoms with Crippen LogP contribution in [0.3, 0.4) is 0 Å². The Kier molecular flexibility index (Phi) is 8.02. The number of nitrogens with zero attached hydrogens (tertiary/aromatic N) is 2. The van der Waals surface area contributed by atoms with E-state index >= 15 is 0 Å². The Morgan fingerprint density at radius 2 is 1.94 bits per heavy atom. The highest BCUT2D eigenvalue weighted by Crippen LogP contribution is 2.33. The van der Waals surface area contributed by atoms with Gasteiger partial charge in [0.2, 0.25) is 0 Å². The molecule has 0 fully saturated rings. The average molecular weight is 491 g/mol. The number of esters is 1. The van der Waals surface area contributed by atoms with E-state index in [1.165, 1.54) is 18.9 Å². The first kappa shape index (κ1) is 25.0. The minimum absolute atomic E-state index is 0.125. The zero-order chi connectivity index (χ0) is 25.5. The number of aryl methyl sites for hydroxylation is 1. The number of rotatable bonds is 11. The van der Waals surface area contributed by atoms with Crippen LogP contribution in [0.4, 0.5) is 11.4 Å². The molecule has 0 radical (unpaired) electrons. The van der Waals surface area contributed by atoms with Crippen molar-refractivity contribution < 1.29 is 23.5 Å². The van der Waals surface area contributed by atoms with Crippen LogP contribution in [0.15, 0.2) is 65.4 Å². The third-order valence-electron chi connectivity index (χ3n) is 5.90. The zero-order valence-electron chi connectivity index (χ0n) is 20.6. The van der Waals surface area contributed by atoms with Gasteiger partial charge in [-0.1, -0.05) is 30.3 Å². The summed E-state index contributed by atoms with van der Waals surface area (Å²) < 4.78 is 17.2. The Labute approximate surface area is 209 Å². The van der Waals surface area contributed by atoms with Crippen LogP contribution in [0, 0.1) is 0 Å².